The summed E-state index contributed by atoms with van der Waals surface area (Å²) in [5, 5.41) is 7.65. The van der Waals surface area contributed by atoms with Gasteiger partial charge in [0.05, 0.1) is 41.9 Å². The SMILES string of the molecule is Cc1cc[c-]c(-n2[c-][n+](C)c3ccccc32)c1.Cc1cc[c-]c(-n2[c-][n+](C)c3ccccc32)c1.Cc1n[n-]c(-c2ccccn2)n1.[Ir]. The van der Waals surface area contributed by atoms with E-state index in [1.54, 1.807) is 13.1 Å². The summed E-state index contributed by atoms with van der Waals surface area (Å²) in [5.41, 5.74) is 9.92. The molecule has 8 aromatic rings. The van der Waals surface area contributed by atoms with Crippen molar-refractivity contribution in [1.29, 1.82) is 0 Å². The third-order valence-corrected chi connectivity index (χ3v) is 7.28. The maximum absolute atomic E-state index is 4.10. The second-order valence-electron chi connectivity index (χ2n) is 10.9. The van der Waals surface area contributed by atoms with Gasteiger partial charge < -0.3 is 28.4 Å². The molecule has 237 valence electrons. The van der Waals surface area contributed by atoms with Crippen LogP contribution in [0.5, 0.6) is 0 Å². The van der Waals surface area contributed by atoms with Gasteiger partial charge >= 0.3 is 0 Å². The van der Waals surface area contributed by atoms with E-state index >= 15 is 0 Å². The van der Waals surface area contributed by atoms with Crippen molar-refractivity contribution in [3.8, 4) is 22.9 Å². The molecule has 4 aromatic heterocycles. The van der Waals surface area contributed by atoms with E-state index in [2.05, 4.69) is 107 Å². The molecule has 1 radical (unpaired) electrons. The molecule has 0 saturated heterocycles. The Kier molecular flexibility index (Phi) is 10.5. The van der Waals surface area contributed by atoms with Crippen molar-refractivity contribution in [2.75, 3.05) is 0 Å². The first-order valence-corrected chi connectivity index (χ1v) is 14.9. The van der Waals surface area contributed by atoms with Gasteiger partial charge in [-0.2, -0.15) is 59.7 Å². The van der Waals surface area contributed by atoms with Crippen LogP contribution in [-0.2, 0) is 34.2 Å². The minimum atomic E-state index is 0. The summed E-state index contributed by atoms with van der Waals surface area (Å²) in [6.45, 7) is 5.98. The Morgan fingerprint density at radius 3 is 1.62 bits per heavy atom. The number of nitrogens with zero attached hydrogens (tertiary/aromatic N) is 8. The van der Waals surface area contributed by atoms with E-state index < -0.39 is 0 Å². The minimum Gasteiger partial charge on any atom is -0.421 e. The molecule has 8 nitrogen and oxygen atoms in total. The summed E-state index contributed by atoms with van der Waals surface area (Å²) in [7, 11) is 4.02. The Balaban J connectivity index is 0.000000139. The van der Waals surface area contributed by atoms with Crippen LogP contribution in [0.3, 0.4) is 0 Å². The molecule has 47 heavy (non-hydrogen) atoms. The predicted octanol–water partition coefficient (Wildman–Crippen LogP) is 5.53. The van der Waals surface area contributed by atoms with Gasteiger partial charge in [-0.25, -0.2) is 0 Å². The van der Waals surface area contributed by atoms with Crippen LogP contribution < -0.4 is 14.2 Å². The Morgan fingerprint density at radius 2 is 1.17 bits per heavy atom. The molecule has 4 heterocycles. The molecule has 0 saturated carbocycles. The number of imidazole rings is 2. The largest absolute Gasteiger partial charge is 0.421 e. The molecular weight excluding hydrogens is 761 g/mol. The van der Waals surface area contributed by atoms with Gasteiger partial charge in [0, 0.05) is 32.1 Å². The Labute approximate surface area is 288 Å². The number of fused-ring (bicyclic) bond motifs is 2. The predicted molar refractivity (Wildman–Crippen MR) is 177 cm³/mol. The fourth-order valence-electron chi connectivity index (χ4n) is 5.06. The molecule has 0 unspecified atom stereocenters. The number of benzene rings is 4. The maximum Gasteiger partial charge on any atom is 0.242 e. The fraction of sp³-hybridized carbons (Fsp3) is 0.132. The van der Waals surface area contributed by atoms with E-state index in [0.29, 0.717) is 11.6 Å². The molecule has 0 atom stereocenters. The Bertz CT molecular complexity index is 2110. The van der Waals surface area contributed by atoms with Crippen LogP contribution in [0.2, 0.25) is 0 Å². The molecule has 0 aliphatic rings. The van der Waals surface area contributed by atoms with Crippen LogP contribution in [0.4, 0.5) is 0 Å². The van der Waals surface area contributed by atoms with E-state index in [9.17, 15) is 0 Å². The van der Waals surface area contributed by atoms with Gasteiger partial charge in [-0.3, -0.25) is 10.1 Å². The van der Waals surface area contributed by atoms with Crippen molar-refractivity contribution >= 4 is 22.1 Å². The second kappa shape index (κ2) is 14.9. The zero-order valence-electron chi connectivity index (χ0n) is 26.8. The Morgan fingerprint density at radius 1 is 0.660 bits per heavy atom. The van der Waals surface area contributed by atoms with Crippen LogP contribution in [0.15, 0.2) is 109 Å². The topological polar surface area (TPSA) is 70.4 Å². The zero-order chi connectivity index (χ0) is 32.0. The number of aromatic nitrogens is 8. The van der Waals surface area contributed by atoms with E-state index in [0.717, 1.165) is 28.1 Å². The summed E-state index contributed by atoms with van der Waals surface area (Å²) in [6.07, 6.45) is 8.31. The van der Waals surface area contributed by atoms with Gasteiger partial charge in [0.1, 0.15) is 0 Å². The summed E-state index contributed by atoms with van der Waals surface area (Å²) in [5.74, 6) is 1.27. The molecule has 0 bridgehead atoms. The number of hydrogen-bond acceptors (Lipinski definition) is 3. The van der Waals surface area contributed by atoms with Crippen molar-refractivity contribution in [3.63, 3.8) is 0 Å². The first-order valence-electron chi connectivity index (χ1n) is 14.9. The van der Waals surface area contributed by atoms with Gasteiger partial charge in [0.2, 0.25) is 12.7 Å². The molecule has 0 aliphatic carbocycles. The maximum atomic E-state index is 4.10. The summed E-state index contributed by atoms with van der Waals surface area (Å²) in [4.78, 5) is 8.19. The average molecular weight is 794 g/mol. The van der Waals surface area contributed by atoms with Crippen molar-refractivity contribution in [1.82, 2.24) is 29.3 Å². The molecular formula is C38H33IrN8-3. The molecule has 0 aliphatic heterocycles. The number of pyridine rings is 1. The summed E-state index contributed by atoms with van der Waals surface area (Å²) < 4.78 is 8.10. The van der Waals surface area contributed by atoms with Crippen molar-refractivity contribution in [2.24, 2.45) is 14.1 Å². The van der Waals surface area contributed by atoms with Gasteiger partial charge in [0.15, 0.2) is 0 Å². The van der Waals surface area contributed by atoms with Crippen molar-refractivity contribution in [3.05, 3.63) is 151 Å². The first-order chi connectivity index (χ1) is 22.4. The number of hydrogen-bond donors (Lipinski definition) is 0. The molecule has 8 rings (SSSR count). The number of para-hydroxylation sites is 4. The van der Waals surface area contributed by atoms with Crippen LogP contribution in [0.1, 0.15) is 17.0 Å². The second-order valence-corrected chi connectivity index (χ2v) is 10.9. The minimum absolute atomic E-state index is 0. The standard InChI is InChI=1S/2C15H13N2.C8H7N4.Ir/c2*1-12-6-5-7-13(10-12)17-11-16(2)14-8-3-4-9-15(14)17;1-6-10-8(12-11-6)7-4-2-3-5-9-7;/h2*3-6,8-10H,1-2H3;2-5H,1H3;/q3*-1;. The van der Waals surface area contributed by atoms with Crippen LogP contribution in [0.25, 0.3) is 45.0 Å². The van der Waals surface area contributed by atoms with E-state index in [-0.39, 0.29) is 20.1 Å². The molecule has 9 heteroatoms. The van der Waals surface area contributed by atoms with Crippen LogP contribution in [-0.4, -0.2) is 24.2 Å². The molecule has 0 spiro atoms. The third kappa shape index (κ3) is 7.60. The van der Waals surface area contributed by atoms with E-state index in [4.69, 9.17) is 0 Å². The third-order valence-electron chi connectivity index (χ3n) is 7.28. The molecule has 0 fully saturated rings. The normalized spacial score (nSPS) is 10.5. The Hall–Kier alpha value is -5.24. The zero-order valence-corrected chi connectivity index (χ0v) is 29.2. The van der Waals surface area contributed by atoms with E-state index in [1.807, 2.05) is 87.0 Å². The van der Waals surface area contributed by atoms with Gasteiger partial charge in [-0.05, 0) is 24.9 Å². The monoisotopic (exact) mass is 794 g/mol. The quantitative estimate of drug-likeness (QED) is 0.175. The van der Waals surface area contributed by atoms with Gasteiger partial charge in [-0.1, -0.05) is 79.8 Å². The molecule has 4 aromatic carbocycles. The smallest absolute Gasteiger partial charge is 0.242 e. The average Bonchev–Trinajstić information content (AvgIpc) is 3.77. The summed E-state index contributed by atoms with van der Waals surface area (Å²) >= 11 is 0. The fourth-order valence-corrected chi connectivity index (χ4v) is 5.06. The number of aryl methyl sites for hydroxylation is 5. The number of rotatable bonds is 3. The molecule has 0 amide bonds. The van der Waals surface area contributed by atoms with Gasteiger partial charge in [0.25, 0.3) is 0 Å². The van der Waals surface area contributed by atoms with Crippen molar-refractivity contribution in [2.45, 2.75) is 20.8 Å². The first kappa shape index (κ1) is 33.1. The summed E-state index contributed by atoms with van der Waals surface area (Å²) in [6, 6.07) is 40.9. The van der Waals surface area contributed by atoms with Crippen LogP contribution in [0, 0.1) is 45.6 Å². The molecule has 0 N–H and O–H groups in total. The van der Waals surface area contributed by atoms with Gasteiger partial charge in [-0.15, -0.1) is 0 Å². The van der Waals surface area contributed by atoms with E-state index in [1.165, 1.54) is 22.2 Å². The van der Waals surface area contributed by atoms with Crippen LogP contribution >= 0.6 is 0 Å². The van der Waals surface area contributed by atoms with Crippen molar-refractivity contribution < 1.29 is 29.2 Å².